The second-order valence-corrected chi connectivity index (χ2v) is 8.72. The van der Waals surface area contributed by atoms with Gasteiger partial charge in [0.2, 0.25) is 5.91 Å². The average molecular weight is 470 g/mol. The first-order valence-electron chi connectivity index (χ1n) is 11.8. The molecule has 3 aromatic rings. The molecular formula is C28H27N3O4. The van der Waals surface area contributed by atoms with Gasteiger partial charge in [-0.25, -0.2) is 0 Å². The normalized spacial score (nSPS) is 16.3. The molecule has 0 radical (unpaired) electrons. The lowest BCUT2D eigenvalue weighted by Gasteiger charge is -2.39. The molecule has 178 valence electrons. The van der Waals surface area contributed by atoms with Crippen LogP contribution in [0.3, 0.4) is 0 Å². The van der Waals surface area contributed by atoms with E-state index in [9.17, 15) is 14.4 Å². The number of piperazine rings is 1. The molecular weight excluding hydrogens is 442 g/mol. The summed E-state index contributed by atoms with van der Waals surface area (Å²) in [6, 6.07) is 23.2. The second kappa shape index (κ2) is 9.62. The van der Waals surface area contributed by atoms with E-state index in [1.165, 1.54) is 0 Å². The molecule has 0 aliphatic carbocycles. The SMILES string of the molecule is COc1ccccc1N1CCN(C(=O)C(Cc2ccccc2)N2C(=O)c3ccccc3C2=O)CC1. The van der Waals surface area contributed by atoms with Gasteiger partial charge in [-0.3, -0.25) is 19.3 Å². The van der Waals surface area contributed by atoms with E-state index >= 15 is 0 Å². The van der Waals surface area contributed by atoms with Gasteiger partial charge in [-0.2, -0.15) is 0 Å². The number of rotatable bonds is 6. The topological polar surface area (TPSA) is 70.2 Å². The van der Waals surface area contributed by atoms with Gasteiger partial charge in [-0.15, -0.1) is 0 Å². The fourth-order valence-electron chi connectivity index (χ4n) is 4.89. The number of benzene rings is 3. The Morgan fingerprint density at radius 2 is 1.37 bits per heavy atom. The number of carbonyl (C=O) groups excluding carboxylic acids is 3. The highest BCUT2D eigenvalue weighted by Gasteiger charge is 2.44. The third-order valence-electron chi connectivity index (χ3n) is 6.71. The number of para-hydroxylation sites is 2. The molecule has 0 N–H and O–H groups in total. The summed E-state index contributed by atoms with van der Waals surface area (Å²) in [6.45, 7) is 2.25. The zero-order chi connectivity index (χ0) is 24.4. The lowest BCUT2D eigenvalue weighted by molar-refractivity contribution is -0.135. The van der Waals surface area contributed by atoms with Crippen molar-refractivity contribution in [2.45, 2.75) is 12.5 Å². The molecule has 1 saturated heterocycles. The second-order valence-electron chi connectivity index (χ2n) is 8.72. The maximum atomic E-state index is 13.8. The van der Waals surface area contributed by atoms with Crippen LogP contribution >= 0.6 is 0 Å². The van der Waals surface area contributed by atoms with Gasteiger partial charge >= 0.3 is 0 Å². The summed E-state index contributed by atoms with van der Waals surface area (Å²) in [7, 11) is 1.65. The van der Waals surface area contributed by atoms with Crippen LogP contribution in [0.2, 0.25) is 0 Å². The molecule has 0 aromatic heterocycles. The highest BCUT2D eigenvalue weighted by molar-refractivity contribution is 6.22. The van der Waals surface area contributed by atoms with E-state index in [1.54, 1.807) is 36.3 Å². The molecule has 0 spiro atoms. The van der Waals surface area contributed by atoms with Crippen LogP contribution in [0, 0.1) is 0 Å². The molecule has 3 amide bonds. The Morgan fingerprint density at radius 1 is 0.800 bits per heavy atom. The molecule has 5 rings (SSSR count). The maximum Gasteiger partial charge on any atom is 0.262 e. The summed E-state index contributed by atoms with van der Waals surface area (Å²) in [5.41, 5.74) is 2.59. The van der Waals surface area contributed by atoms with Gasteiger partial charge < -0.3 is 14.5 Å². The molecule has 0 bridgehead atoms. The van der Waals surface area contributed by atoms with E-state index in [4.69, 9.17) is 4.74 Å². The number of hydrogen-bond acceptors (Lipinski definition) is 5. The first kappa shape index (κ1) is 22.7. The Balaban J connectivity index is 1.38. The average Bonchev–Trinajstić information content (AvgIpc) is 3.17. The fraction of sp³-hybridized carbons (Fsp3) is 0.250. The lowest BCUT2D eigenvalue weighted by Crippen LogP contribution is -2.56. The van der Waals surface area contributed by atoms with E-state index in [0.717, 1.165) is 21.9 Å². The predicted molar refractivity (Wildman–Crippen MR) is 133 cm³/mol. The van der Waals surface area contributed by atoms with Gasteiger partial charge in [-0.1, -0.05) is 54.6 Å². The minimum Gasteiger partial charge on any atom is -0.495 e. The summed E-state index contributed by atoms with van der Waals surface area (Å²) in [5.74, 6) is -0.233. The Bertz CT molecular complexity index is 1220. The number of imide groups is 1. The number of hydrogen-bond donors (Lipinski definition) is 0. The van der Waals surface area contributed by atoms with Crippen LogP contribution in [0.15, 0.2) is 78.9 Å². The first-order chi connectivity index (χ1) is 17.1. The smallest absolute Gasteiger partial charge is 0.262 e. The fourth-order valence-corrected chi connectivity index (χ4v) is 4.89. The van der Waals surface area contributed by atoms with Crippen molar-refractivity contribution in [1.82, 2.24) is 9.80 Å². The molecule has 3 aromatic carbocycles. The lowest BCUT2D eigenvalue weighted by atomic mass is 10.0. The molecule has 35 heavy (non-hydrogen) atoms. The zero-order valence-electron chi connectivity index (χ0n) is 19.6. The molecule has 1 atom stereocenters. The zero-order valence-corrected chi connectivity index (χ0v) is 19.6. The van der Waals surface area contributed by atoms with Crippen LogP contribution in [0.25, 0.3) is 0 Å². The van der Waals surface area contributed by atoms with Crippen LogP contribution in [0.4, 0.5) is 5.69 Å². The molecule has 2 heterocycles. The van der Waals surface area contributed by atoms with Crippen molar-refractivity contribution >= 4 is 23.4 Å². The minimum atomic E-state index is -0.900. The van der Waals surface area contributed by atoms with Gasteiger partial charge in [0, 0.05) is 32.6 Å². The Morgan fingerprint density at radius 3 is 2.00 bits per heavy atom. The van der Waals surface area contributed by atoms with E-state index in [0.29, 0.717) is 37.3 Å². The van der Waals surface area contributed by atoms with Gasteiger partial charge in [0.05, 0.1) is 23.9 Å². The first-order valence-corrected chi connectivity index (χ1v) is 11.8. The van der Waals surface area contributed by atoms with Crippen LogP contribution in [0.1, 0.15) is 26.3 Å². The monoisotopic (exact) mass is 469 g/mol. The number of amides is 3. The van der Waals surface area contributed by atoms with Crippen LogP contribution in [0.5, 0.6) is 5.75 Å². The molecule has 1 unspecified atom stereocenters. The Kier molecular flexibility index (Phi) is 6.23. The quantitative estimate of drug-likeness (QED) is 0.519. The van der Waals surface area contributed by atoms with Crippen molar-refractivity contribution in [3.63, 3.8) is 0 Å². The Hall–Kier alpha value is -4.13. The third-order valence-corrected chi connectivity index (χ3v) is 6.71. The summed E-state index contributed by atoms with van der Waals surface area (Å²) in [6.07, 6.45) is 0.276. The van der Waals surface area contributed by atoms with Crippen molar-refractivity contribution in [1.29, 1.82) is 0 Å². The number of ether oxygens (including phenoxy) is 1. The molecule has 0 saturated carbocycles. The highest BCUT2D eigenvalue weighted by atomic mass is 16.5. The number of methoxy groups -OCH3 is 1. The standard InChI is InChI=1S/C28H27N3O4/c1-35-25-14-8-7-13-23(25)29-15-17-30(18-16-29)28(34)24(19-20-9-3-2-4-10-20)31-26(32)21-11-5-6-12-22(21)27(31)33/h2-14,24H,15-19H2,1H3. The summed E-state index contributed by atoms with van der Waals surface area (Å²) in [5, 5.41) is 0. The Labute approximate surface area is 204 Å². The number of nitrogens with zero attached hydrogens (tertiary/aromatic N) is 3. The third kappa shape index (κ3) is 4.25. The van der Waals surface area contributed by atoms with Crippen LogP contribution in [-0.4, -0.2) is 66.9 Å². The summed E-state index contributed by atoms with van der Waals surface area (Å²) >= 11 is 0. The number of anilines is 1. The van der Waals surface area contributed by atoms with E-state index < -0.39 is 17.9 Å². The summed E-state index contributed by atoms with van der Waals surface area (Å²) < 4.78 is 5.50. The number of fused-ring (bicyclic) bond motifs is 1. The van der Waals surface area contributed by atoms with Gasteiger partial charge in [0.25, 0.3) is 11.8 Å². The largest absolute Gasteiger partial charge is 0.495 e. The van der Waals surface area contributed by atoms with Crippen LogP contribution < -0.4 is 9.64 Å². The van der Waals surface area contributed by atoms with Crippen LogP contribution in [-0.2, 0) is 11.2 Å². The summed E-state index contributed by atoms with van der Waals surface area (Å²) in [4.78, 5) is 45.4. The van der Waals surface area contributed by atoms with Crippen molar-refractivity contribution in [3.8, 4) is 5.75 Å². The molecule has 2 aliphatic rings. The maximum absolute atomic E-state index is 13.8. The molecule has 7 heteroatoms. The van der Waals surface area contributed by atoms with Crippen molar-refractivity contribution in [2.24, 2.45) is 0 Å². The van der Waals surface area contributed by atoms with E-state index in [-0.39, 0.29) is 12.3 Å². The van der Waals surface area contributed by atoms with Crippen molar-refractivity contribution < 1.29 is 19.1 Å². The minimum absolute atomic E-state index is 0.206. The van der Waals surface area contributed by atoms with Gasteiger partial charge in [-0.05, 0) is 29.8 Å². The van der Waals surface area contributed by atoms with Crippen molar-refractivity contribution in [2.75, 3.05) is 38.2 Å². The number of carbonyl (C=O) groups is 3. The van der Waals surface area contributed by atoms with Crippen molar-refractivity contribution in [3.05, 3.63) is 95.6 Å². The predicted octanol–water partition coefficient (Wildman–Crippen LogP) is 3.25. The van der Waals surface area contributed by atoms with E-state index in [1.807, 2.05) is 54.6 Å². The molecule has 1 fully saturated rings. The molecule has 2 aliphatic heterocycles. The van der Waals surface area contributed by atoms with E-state index in [2.05, 4.69) is 4.90 Å². The van der Waals surface area contributed by atoms with Gasteiger partial charge in [0.15, 0.2) is 0 Å². The highest BCUT2D eigenvalue weighted by Crippen LogP contribution is 2.30. The van der Waals surface area contributed by atoms with Gasteiger partial charge in [0.1, 0.15) is 11.8 Å². The molecule has 7 nitrogen and oxygen atoms in total.